The molecule has 0 radical (unpaired) electrons. The average molecular weight is 485 g/mol. The molecule has 2 aromatic heterocycles. The van der Waals surface area contributed by atoms with Gasteiger partial charge in [-0.2, -0.15) is 0 Å². The summed E-state index contributed by atoms with van der Waals surface area (Å²) in [5.74, 6) is 1.59. The normalized spacial score (nSPS) is 17.4. The second-order valence-corrected chi connectivity index (χ2v) is 8.92. The van der Waals surface area contributed by atoms with Gasteiger partial charge >= 0.3 is 0 Å². The quantitative estimate of drug-likeness (QED) is 0.355. The molecule has 1 N–H and O–H groups in total. The Morgan fingerprint density at radius 3 is 2.46 bits per heavy atom. The number of thiocarbonyl (C=S) groups is 1. The molecule has 1 aliphatic rings. The van der Waals surface area contributed by atoms with Crippen LogP contribution in [0.25, 0.3) is 5.69 Å². The van der Waals surface area contributed by atoms with Crippen molar-refractivity contribution in [3.63, 3.8) is 0 Å². The van der Waals surface area contributed by atoms with Crippen LogP contribution in [0.4, 0.5) is 5.69 Å². The number of rotatable bonds is 6. The molecule has 0 bridgehead atoms. The predicted octanol–water partition coefficient (Wildman–Crippen LogP) is 5.68. The standard InChI is InChI=1S/C28H28N4O2S/c1-18-16-22(19(2)31(18)20-10-9-11-21(17-20)33-3)27-26(23-12-7-8-15-29-23)30-28(35)32(27)24-13-5-6-14-25(24)34-4/h5-17,26-27H,1-4H3,(H,30,35). The lowest BCUT2D eigenvalue weighted by Gasteiger charge is -2.29. The van der Waals surface area contributed by atoms with Crippen LogP contribution in [0.2, 0.25) is 0 Å². The fourth-order valence-electron chi connectivity index (χ4n) is 4.99. The van der Waals surface area contributed by atoms with Gasteiger partial charge in [0.15, 0.2) is 5.11 Å². The lowest BCUT2D eigenvalue weighted by molar-refractivity contribution is 0.414. The molecule has 0 amide bonds. The summed E-state index contributed by atoms with van der Waals surface area (Å²) in [7, 11) is 3.37. The van der Waals surface area contributed by atoms with Crippen molar-refractivity contribution >= 4 is 23.0 Å². The summed E-state index contributed by atoms with van der Waals surface area (Å²) >= 11 is 5.90. The van der Waals surface area contributed by atoms with E-state index in [1.807, 2.05) is 60.8 Å². The molecule has 1 aliphatic heterocycles. The largest absolute Gasteiger partial charge is 0.497 e. The fraction of sp³-hybridized carbons (Fsp3) is 0.214. The van der Waals surface area contributed by atoms with Gasteiger partial charge in [-0.05, 0) is 74.1 Å². The third-order valence-corrected chi connectivity index (χ3v) is 6.86. The second kappa shape index (κ2) is 9.43. The smallest absolute Gasteiger partial charge is 0.174 e. The zero-order valence-electron chi connectivity index (χ0n) is 20.2. The Morgan fingerprint density at radius 1 is 0.914 bits per heavy atom. The van der Waals surface area contributed by atoms with Crippen LogP contribution in [0, 0.1) is 13.8 Å². The lowest BCUT2D eigenvalue weighted by atomic mass is 9.96. The summed E-state index contributed by atoms with van der Waals surface area (Å²) in [4.78, 5) is 6.84. The minimum atomic E-state index is -0.132. The molecule has 2 atom stereocenters. The number of ether oxygens (including phenoxy) is 2. The van der Waals surface area contributed by atoms with E-state index in [1.165, 1.54) is 5.56 Å². The highest BCUT2D eigenvalue weighted by Gasteiger charge is 2.43. The van der Waals surface area contributed by atoms with E-state index in [0.717, 1.165) is 40.0 Å². The predicted molar refractivity (Wildman–Crippen MR) is 143 cm³/mol. The third-order valence-electron chi connectivity index (χ3n) is 6.54. The number of nitrogens with zero attached hydrogens (tertiary/aromatic N) is 3. The topological polar surface area (TPSA) is 51.5 Å². The number of hydrogen-bond donors (Lipinski definition) is 1. The Kier molecular flexibility index (Phi) is 6.17. The van der Waals surface area contributed by atoms with Gasteiger partial charge < -0.3 is 24.3 Å². The molecule has 1 saturated heterocycles. The van der Waals surface area contributed by atoms with Crippen molar-refractivity contribution in [3.05, 3.63) is 102 Å². The Balaban J connectivity index is 1.70. The van der Waals surface area contributed by atoms with Crippen molar-refractivity contribution in [3.8, 4) is 17.2 Å². The molecule has 5 rings (SSSR count). The van der Waals surface area contributed by atoms with E-state index in [4.69, 9.17) is 21.7 Å². The first-order valence-corrected chi connectivity index (χ1v) is 11.9. The number of benzene rings is 2. The van der Waals surface area contributed by atoms with E-state index in [-0.39, 0.29) is 12.1 Å². The molecule has 2 aromatic carbocycles. The van der Waals surface area contributed by atoms with Crippen LogP contribution in [0.1, 0.15) is 34.7 Å². The first kappa shape index (κ1) is 22.9. The molecule has 0 spiro atoms. The molecule has 7 heteroatoms. The molecule has 35 heavy (non-hydrogen) atoms. The molecule has 0 aliphatic carbocycles. The SMILES string of the molecule is COc1cccc(-n2c(C)cc(C3C(c4ccccn4)NC(=S)N3c3ccccc3OC)c2C)c1. The van der Waals surface area contributed by atoms with Crippen molar-refractivity contribution in [2.75, 3.05) is 19.1 Å². The van der Waals surface area contributed by atoms with E-state index in [1.54, 1.807) is 14.2 Å². The number of aromatic nitrogens is 2. The molecular formula is C28H28N4O2S. The Bertz CT molecular complexity index is 1370. The summed E-state index contributed by atoms with van der Waals surface area (Å²) < 4.78 is 13.5. The Labute approximate surface area is 211 Å². The van der Waals surface area contributed by atoms with Gasteiger partial charge in [0, 0.05) is 29.3 Å². The first-order valence-electron chi connectivity index (χ1n) is 11.5. The summed E-state index contributed by atoms with van der Waals surface area (Å²) in [6.07, 6.45) is 1.82. The van der Waals surface area contributed by atoms with E-state index >= 15 is 0 Å². The highest BCUT2D eigenvalue weighted by Crippen LogP contribution is 2.46. The third kappa shape index (κ3) is 4.02. The summed E-state index contributed by atoms with van der Waals surface area (Å²) in [5.41, 5.74) is 6.33. The van der Waals surface area contributed by atoms with E-state index in [9.17, 15) is 0 Å². The molecule has 4 aromatic rings. The van der Waals surface area contributed by atoms with Crippen molar-refractivity contribution < 1.29 is 9.47 Å². The van der Waals surface area contributed by atoms with E-state index in [0.29, 0.717) is 5.11 Å². The van der Waals surface area contributed by atoms with Crippen LogP contribution in [0.5, 0.6) is 11.5 Å². The highest BCUT2D eigenvalue weighted by atomic mass is 32.1. The molecule has 178 valence electrons. The molecule has 0 saturated carbocycles. The van der Waals surface area contributed by atoms with Crippen molar-refractivity contribution in [2.45, 2.75) is 25.9 Å². The van der Waals surface area contributed by atoms with Gasteiger partial charge in [-0.1, -0.05) is 24.3 Å². The molecule has 1 fully saturated rings. The lowest BCUT2D eigenvalue weighted by Crippen LogP contribution is -2.30. The minimum absolute atomic E-state index is 0.126. The van der Waals surface area contributed by atoms with Crippen molar-refractivity contribution in [1.82, 2.24) is 14.9 Å². The Hall–Kier alpha value is -3.84. The summed E-state index contributed by atoms with van der Waals surface area (Å²) in [6, 6.07) is 24.1. The van der Waals surface area contributed by atoms with Gasteiger partial charge in [-0.3, -0.25) is 4.98 Å². The van der Waals surface area contributed by atoms with Crippen LogP contribution in [0.3, 0.4) is 0 Å². The van der Waals surface area contributed by atoms with Gasteiger partial charge in [0.05, 0.1) is 37.7 Å². The number of nitrogens with one attached hydrogen (secondary N) is 1. The van der Waals surface area contributed by atoms with Crippen LogP contribution in [-0.4, -0.2) is 28.9 Å². The maximum atomic E-state index is 5.90. The number of aryl methyl sites for hydroxylation is 1. The molecule has 6 nitrogen and oxygen atoms in total. The highest BCUT2D eigenvalue weighted by molar-refractivity contribution is 7.80. The zero-order valence-corrected chi connectivity index (χ0v) is 21.0. The van der Waals surface area contributed by atoms with Crippen LogP contribution < -0.4 is 19.7 Å². The summed E-state index contributed by atoms with van der Waals surface area (Å²) in [5, 5.41) is 4.18. The number of para-hydroxylation sites is 2. The Morgan fingerprint density at radius 2 is 1.71 bits per heavy atom. The first-order chi connectivity index (χ1) is 17.0. The van der Waals surface area contributed by atoms with Crippen LogP contribution >= 0.6 is 12.2 Å². The number of anilines is 1. The summed E-state index contributed by atoms with van der Waals surface area (Å²) in [6.45, 7) is 4.28. The van der Waals surface area contributed by atoms with Gasteiger partial charge in [0.25, 0.3) is 0 Å². The van der Waals surface area contributed by atoms with E-state index in [2.05, 4.69) is 51.8 Å². The maximum absolute atomic E-state index is 5.90. The van der Waals surface area contributed by atoms with Crippen molar-refractivity contribution in [2.24, 2.45) is 0 Å². The number of pyridine rings is 1. The molecule has 2 unspecified atom stereocenters. The van der Waals surface area contributed by atoms with Crippen LogP contribution in [-0.2, 0) is 0 Å². The second-order valence-electron chi connectivity index (χ2n) is 8.53. The molecule has 3 heterocycles. The average Bonchev–Trinajstić information content (AvgIpc) is 3.39. The van der Waals surface area contributed by atoms with Gasteiger partial charge in [-0.15, -0.1) is 0 Å². The minimum Gasteiger partial charge on any atom is -0.497 e. The van der Waals surface area contributed by atoms with E-state index < -0.39 is 0 Å². The van der Waals surface area contributed by atoms with Gasteiger partial charge in [0.1, 0.15) is 11.5 Å². The number of methoxy groups -OCH3 is 2. The van der Waals surface area contributed by atoms with Gasteiger partial charge in [-0.25, -0.2) is 0 Å². The monoisotopic (exact) mass is 484 g/mol. The van der Waals surface area contributed by atoms with Crippen molar-refractivity contribution in [1.29, 1.82) is 0 Å². The number of hydrogen-bond acceptors (Lipinski definition) is 4. The fourth-order valence-corrected chi connectivity index (χ4v) is 5.33. The van der Waals surface area contributed by atoms with Gasteiger partial charge in [0.2, 0.25) is 0 Å². The molecular weight excluding hydrogens is 456 g/mol. The maximum Gasteiger partial charge on any atom is 0.174 e. The van der Waals surface area contributed by atoms with Crippen LogP contribution in [0.15, 0.2) is 79.0 Å². The zero-order chi connectivity index (χ0) is 24.5.